The van der Waals surface area contributed by atoms with Crippen LogP contribution < -0.4 is 15.0 Å². The number of hydrogen-bond donors (Lipinski definition) is 1. The summed E-state index contributed by atoms with van der Waals surface area (Å²) in [5.41, 5.74) is 2.58. The molecule has 1 atom stereocenters. The van der Waals surface area contributed by atoms with E-state index in [2.05, 4.69) is 15.3 Å². The van der Waals surface area contributed by atoms with E-state index < -0.39 is 5.82 Å². The maximum atomic E-state index is 14.4. The van der Waals surface area contributed by atoms with Crippen molar-refractivity contribution in [3.8, 4) is 11.7 Å². The second-order valence-corrected chi connectivity index (χ2v) is 8.09. The molecule has 0 spiro atoms. The van der Waals surface area contributed by atoms with E-state index in [4.69, 9.17) is 9.72 Å². The first-order chi connectivity index (χ1) is 15.6. The minimum absolute atomic E-state index is 0. The van der Waals surface area contributed by atoms with Gasteiger partial charge in [-0.1, -0.05) is 12.1 Å². The number of halogens is 2. The summed E-state index contributed by atoms with van der Waals surface area (Å²) < 4.78 is 35.4. The Morgan fingerprint density at radius 2 is 2.09 bits per heavy atom. The predicted molar refractivity (Wildman–Crippen MR) is 123 cm³/mol. The molecule has 7 nitrogen and oxygen atoms in total. The Balaban J connectivity index is 0.00000259. The quantitative estimate of drug-likeness (QED) is 0.446. The second kappa shape index (κ2) is 8.27. The minimum atomic E-state index is -0.396. The molecule has 4 aromatic rings. The van der Waals surface area contributed by atoms with E-state index in [0.29, 0.717) is 36.0 Å². The molecule has 5 rings (SSSR count). The van der Waals surface area contributed by atoms with Gasteiger partial charge in [-0.2, -0.15) is 4.98 Å². The van der Waals surface area contributed by atoms with E-state index in [9.17, 15) is 8.78 Å². The molecular weight excluding hydrogens is 434 g/mol. The standard InChI is InChI=1S/C22H20F2N6OS.H2/c1-3-31-19-13(5-4-6-15(19)24)11-29-20-17(27-22(29)32-2)10-25-21(28-20)30-12-26-16-8-7-14(23)9-18(16)30;/h4-10,12,22,27H,3,11H2,1-2H3;1H. The third-order valence-corrected chi connectivity index (χ3v) is 6.03. The van der Waals surface area contributed by atoms with Crippen LogP contribution in [0.4, 0.5) is 20.3 Å². The lowest BCUT2D eigenvalue weighted by molar-refractivity contribution is 0.317. The molecule has 0 aliphatic carbocycles. The van der Waals surface area contributed by atoms with Gasteiger partial charge < -0.3 is 15.0 Å². The molecule has 1 N–H and O–H groups in total. The molecule has 0 radical (unpaired) electrons. The molecular formula is C22H22F2N6OS. The molecule has 1 unspecified atom stereocenters. The summed E-state index contributed by atoms with van der Waals surface area (Å²) in [7, 11) is 0. The van der Waals surface area contributed by atoms with Gasteiger partial charge in [0.25, 0.3) is 0 Å². The molecule has 1 aliphatic rings. The monoisotopic (exact) mass is 456 g/mol. The van der Waals surface area contributed by atoms with E-state index in [-0.39, 0.29) is 18.5 Å². The lowest BCUT2D eigenvalue weighted by Gasteiger charge is -2.25. The van der Waals surface area contributed by atoms with E-state index in [1.165, 1.54) is 18.2 Å². The number of imidazole rings is 1. The maximum absolute atomic E-state index is 14.4. The average molecular weight is 457 g/mol. The number of nitrogens with one attached hydrogen (secondary N) is 1. The van der Waals surface area contributed by atoms with Gasteiger partial charge in [-0.05, 0) is 31.4 Å². The van der Waals surface area contributed by atoms with E-state index in [0.717, 1.165) is 11.3 Å². The number of aromatic nitrogens is 4. The van der Waals surface area contributed by atoms with Gasteiger partial charge in [0.2, 0.25) is 5.95 Å². The average Bonchev–Trinajstić information content (AvgIpc) is 3.36. The fourth-order valence-corrected chi connectivity index (χ4v) is 4.45. The van der Waals surface area contributed by atoms with Crippen LogP contribution in [-0.4, -0.2) is 37.9 Å². The van der Waals surface area contributed by atoms with E-state index in [1.54, 1.807) is 41.0 Å². The number of benzene rings is 2. The Bertz CT molecular complexity index is 1300. The number of ether oxygens (including phenoxy) is 1. The Labute approximate surface area is 188 Å². The van der Waals surface area contributed by atoms with E-state index in [1.807, 2.05) is 24.1 Å². The van der Waals surface area contributed by atoms with Crippen molar-refractivity contribution in [1.29, 1.82) is 0 Å². The highest BCUT2D eigenvalue weighted by molar-refractivity contribution is 7.99. The number of anilines is 2. The minimum Gasteiger partial charge on any atom is -0.490 e. The molecule has 3 heterocycles. The van der Waals surface area contributed by atoms with Crippen molar-refractivity contribution < 1.29 is 14.9 Å². The van der Waals surface area contributed by atoms with Gasteiger partial charge in [-0.25, -0.2) is 18.7 Å². The largest absolute Gasteiger partial charge is 0.490 e. The first kappa shape index (κ1) is 20.5. The van der Waals surface area contributed by atoms with Crippen molar-refractivity contribution in [3.63, 3.8) is 0 Å². The van der Waals surface area contributed by atoms with Crippen LogP contribution in [0.1, 0.15) is 13.9 Å². The van der Waals surface area contributed by atoms with Crippen LogP contribution >= 0.6 is 11.8 Å². The lowest BCUT2D eigenvalue weighted by Crippen LogP contribution is -2.32. The zero-order chi connectivity index (χ0) is 22.2. The van der Waals surface area contributed by atoms with Crippen LogP contribution in [0, 0.1) is 11.6 Å². The first-order valence-electron chi connectivity index (χ1n) is 10.0. The number of nitrogens with zero attached hydrogens (tertiary/aromatic N) is 5. The molecule has 0 bridgehead atoms. The van der Waals surface area contributed by atoms with Gasteiger partial charge >= 0.3 is 0 Å². The molecule has 0 saturated heterocycles. The summed E-state index contributed by atoms with van der Waals surface area (Å²) in [6, 6.07) is 9.29. The second-order valence-electron chi connectivity index (χ2n) is 7.18. The molecule has 2 aromatic carbocycles. The number of hydrogen-bond acceptors (Lipinski definition) is 7. The normalized spacial score (nSPS) is 15.1. The molecule has 0 saturated carbocycles. The molecule has 10 heteroatoms. The van der Waals surface area contributed by atoms with Crippen LogP contribution in [0.15, 0.2) is 48.9 Å². The van der Waals surface area contributed by atoms with Gasteiger partial charge in [0.15, 0.2) is 17.4 Å². The van der Waals surface area contributed by atoms with Gasteiger partial charge in [0, 0.05) is 13.1 Å². The molecule has 2 aromatic heterocycles. The highest BCUT2D eigenvalue weighted by Crippen LogP contribution is 2.38. The smallest absolute Gasteiger partial charge is 0.237 e. The van der Waals surface area contributed by atoms with Gasteiger partial charge in [-0.15, -0.1) is 11.8 Å². The van der Waals surface area contributed by atoms with Crippen molar-refractivity contribution in [2.75, 3.05) is 23.1 Å². The fraction of sp³-hybridized carbons (Fsp3) is 0.227. The first-order valence-corrected chi connectivity index (χ1v) is 11.3. The number of fused-ring (bicyclic) bond motifs is 2. The molecule has 1 aliphatic heterocycles. The van der Waals surface area contributed by atoms with Gasteiger partial charge in [0.1, 0.15) is 17.6 Å². The Morgan fingerprint density at radius 1 is 1.22 bits per heavy atom. The van der Waals surface area contributed by atoms with Gasteiger partial charge in [0.05, 0.1) is 36.1 Å². The highest BCUT2D eigenvalue weighted by atomic mass is 32.2. The summed E-state index contributed by atoms with van der Waals surface area (Å²) in [5.74, 6) is 0.524. The predicted octanol–water partition coefficient (Wildman–Crippen LogP) is 4.82. The van der Waals surface area contributed by atoms with Crippen LogP contribution in [0.2, 0.25) is 0 Å². The van der Waals surface area contributed by atoms with Crippen LogP contribution in [0.25, 0.3) is 17.0 Å². The van der Waals surface area contributed by atoms with Crippen LogP contribution in [0.3, 0.4) is 0 Å². The fourth-order valence-electron chi connectivity index (χ4n) is 3.77. The number of thioether (sulfide) groups is 1. The topological polar surface area (TPSA) is 68.1 Å². The number of para-hydroxylation sites is 1. The Kier molecular flexibility index (Phi) is 5.30. The third kappa shape index (κ3) is 3.50. The summed E-state index contributed by atoms with van der Waals surface area (Å²) >= 11 is 1.59. The van der Waals surface area contributed by atoms with Crippen molar-refractivity contribution in [2.24, 2.45) is 0 Å². The zero-order valence-corrected chi connectivity index (χ0v) is 18.2. The van der Waals surface area contributed by atoms with Crippen LogP contribution in [-0.2, 0) is 6.54 Å². The van der Waals surface area contributed by atoms with Crippen molar-refractivity contribution >= 4 is 34.3 Å². The Morgan fingerprint density at radius 3 is 2.91 bits per heavy atom. The van der Waals surface area contributed by atoms with Crippen molar-refractivity contribution in [1.82, 2.24) is 19.5 Å². The third-order valence-electron chi connectivity index (χ3n) is 5.22. The molecule has 0 fully saturated rings. The van der Waals surface area contributed by atoms with Crippen LogP contribution in [0.5, 0.6) is 5.75 Å². The summed E-state index contributed by atoms with van der Waals surface area (Å²) in [6.07, 6.45) is 5.25. The number of rotatable bonds is 6. The summed E-state index contributed by atoms with van der Waals surface area (Å²) in [4.78, 5) is 15.5. The van der Waals surface area contributed by atoms with E-state index >= 15 is 0 Å². The summed E-state index contributed by atoms with van der Waals surface area (Å²) in [6.45, 7) is 2.57. The van der Waals surface area contributed by atoms with Crippen molar-refractivity contribution in [3.05, 3.63) is 66.1 Å². The SMILES string of the molecule is CCOc1c(F)cccc1CN1c2nc(-n3cnc4ccc(F)cc43)ncc2NC1SC.[HH]. The summed E-state index contributed by atoms with van der Waals surface area (Å²) in [5, 5.41) is 3.38. The Hall–Kier alpha value is -3.40. The zero-order valence-electron chi connectivity index (χ0n) is 17.4. The van der Waals surface area contributed by atoms with Gasteiger partial charge in [-0.3, -0.25) is 4.57 Å². The lowest BCUT2D eigenvalue weighted by atomic mass is 10.2. The molecule has 166 valence electrons. The van der Waals surface area contributed by atoms with Crippen molar-refractivity contribution in [2.45, 2.75) is 19.0 Å². The maximum Gasteiger partial charge on any atom is 0.237 e. The molecule has 32 heavy (non-hydrogen) atoms. The molecule has 0 amide bonds. The highest BCUT2D eigenvalue weighted by Gasteiger charge is 2.31.